The number of aromatic nitrogens is 2. The summed E-state index contributed by atoms with van der Waals surface area (Å²) in [5, 5.41) is 4.60. The van der Waals surface area contributed by atoms with Crippen LogP contribution in [0.25, 0.3) is 21.8 Å². The normalized spacial score (nSPS) is 18.6. The first kappa shape index (κ1) is 31.2. The Morgan fingerprint density at radius 1 is 0.761 bits per heavy atom. The van der Waals surface area contributed by atoms with E-state index in [1.807, 2.05) is 76.2 Å². The lowest BCUT2D eigenvalue weighted by Gasteiger charge is -2.39. The summed E-state index contributed by atoms with van der Waals surface area (Å²) in [6.07, 6.45) is 3.31. The van der Waals surface area contributed by atoms with Gasteiger partial charge in [0, 0.05) is 35.0 Å². The number of rotatable bonds is 6. The van der Waals surface area contributed by atoms with Gasteiger partial charge in [-0.05, 0) is 72.5 Å². The number of benzene rings is 3. The molecule has 1 N–H and O–H groups in total. The molecule has 2 aromatic heterocycles. The number of para-hydroxylation sites is 2. The van der Waals surface area contributed by atoms with Gasteiger partial charge in [0.1, 0.15) is 5.54 Å². The number of urea groups is 1. The monoisotopic (exact) mass is 646 g/mol. The molecule has 0 aliphatic carbocycles. The van der Waals surface area contributed by atoms with E-state index in [2.05, 4.69) is 15.3 Å². The molecule has 1 saturated heterocycles. The molecular weight excluding hydrogens is 617 g/mol. The van der Waals surface area contributed by atoms with Crippen LogP contribution in [0.5, 0.6) is 0 Å². The predicted octanol–water partition coefficient (Wildman–Crippen LogP) is 7.10. The number of amides is 3. The van der Waals surface area contributed by atoms with Crippen molar-refractivity contribution in [2.45, 2.75) is 55.5 Å². The fourth-order valence-electron chi connectivity index (χ4n) is 6.60. The quantitative estimate of drug-likeness (QED) is 0.197. The molecule has 0 radical (unpaired) electrons. The molecule has 0 bridgehead atoms. The third-order valence-corrected chi connectivity index (χ3v) is 10.6. The fraction of sp³-hybridized carbons (Fsp3) is 0.235. The van der Waals surface area contributed by atoms with Crippen molar-refractivity contribution >= 4 is 49.3 Å². The smallest absolute Gasteiger partial charge is 0.322 e. The minimum absolute atomic E-state index is 0.0734. The molecule has 5 aromatic rings. The molecule has 1 aliphatic rings. The van der Waals surface area contributed by atoms with Crippen LogP contribution in [0.2, 0.25) is 0 Å². The Balaban J connectivity index is 1.54. The van der Waals surface area contributed by atoms with E-state index in [-0.39, 0.29) is 5.69 Å². The Morgan fingerprint density at radius 2 is 1.24 bits per heavy atom. The van der Waals surface area contributed by atoms with Crippen LogP contribution >= 0.6 is 0 Å². The van der Waals surface area contributed by atoms with Crippen molar-refractivity contribution in [1.29, 1.82) is 0 Å². The van der Waals surface area contributed by atoms with Crippen molar-refractivity contribution in [1.82, 2.24) is 15.3 Å². The number of pyridine rings is 2. The van der Waals surface area contributed by atoms with E-state index in [9.17, 15) is 31.2 Å². The van der Waals surface area contributed by atoms with Crippen molar-refractivity contribution in [2.24, 2.45) is 0 Å². The van der Waals surface area contributed by atoms with Gasteiger partial charge in [0.05, 0.1) is 21.6 Å². The average molecular weight is 647 g/mol. The molecule has 1 fully saturated rings. The van der Waals surface area contributed by atoms with Gasteiger partial charge in [-0.2, -0.15) is 13.2 Å². The number of alkyl halides is 3. The Labute approximate surface area is 263 Å². The molecular formula is C34H29F3N4O4S. The summed E-state index contributed by atoms with van der Waals surface area (Å²) in [4.78, 5) is 37.6. The lowest BCUT2D eigenvalue weighted by molar-refractivity contribution is -0.123. The van der Waals surface area contributed by atoms with E-state index in [1.54, 1.807) is 12.4 Å². The van der Waals surface area contributed by atoms with Crippen molar-refractivity contribution in [3.8, 4) is 0 Å². The number of imide groups is 1. The Kier molecular flexibility index (Phi) is 7.38. The molecule has 1 aliphatic heterocycles. The molecule has 12 heteroatoms. The number of halogens is 3. The van der Waals surface area contributed by atoms with Crippen LogP contribution in [0.1, 0.15) is 47.9 Å². The summed E-state index contributed by atoms with van der Waals surface area (Å²) in [6, 6.07) is 17.8. The van der Waals surface area contributed by atoms with E-state index in [1.165, 1.54) is 0 Å². The topological polar surface area (TPSA) is 109 Å². The summed E-state index contributed by atoms with van der Waals surface area (Å²) in [5.74, 6) is -1.93. The highest BCUT2D eigenvalue weighted by molar-refractivity contribution is 7.92. The largest absolute Gasteiger partial charge is 0.501 e. The molecule has 236 valence electrons. The van der Waals surface area contributed by atoms with Crippen molar-refractivity contribution in [3.05, 3.63) is 107 Å². The zero-order chi connectivity index (χ0) is 33.2. The molecule has 6 rings (SSSR count). The van der Waals surface area contributed by atoms with Crippen LogP contribution in [0.15, 0.2) is 90.1 Å². The Bertz CT molecular complexity index is 2060. The van der Waals surface area contributed by atoms with Crippen LogP contribution in [0.3, 0.4) is 0 Å². The molecule has 2 unspecified atom stereocenters. The van der Waals surface area contributed by atoms with Crippen molar-refractivity contribution < 1.29 is 31.2 Å². The highest BCUT2D eigenvalue weighted by Gasteiger charge is 2.59. The van der Waals surface area contributed by atoms with E-state index < -0.39 is 49.6 Å². The van der Waals surface area contributed by atoms with E-state index in [4.69, 9.17) is 0 Å². The van der Waals surface area contributed by atoms with Gasteiger partial charge in [0.25, 0.3) is 15.7 Å². The third-order valence-electron chi connectivity index (χ3n) is 9.10. The molecule has 3 amide bonds. The average Bonchev–Trinajstić information content (AvgIpc) is 3.30. The maximum absolute atomic E-state index is 14.8. The number of anilines is 1. The van der Waals surface area contributed by atoms with Gasteiger partial charge in [-0.3, -0.25) is 14.8 Å². The van der Waals surface area contributed by atoms with E-state index in [0.29, 0.717) is 0 Å². The summed E-state index contributed by atoms with van der Waals surface area (Å²) in [7, 11) is -5.63. The number of nitrogens with one attached hydrogen (secondary N) is 1. The van der Waals surface area contributed by atoms with Crippen molar-refractivity contribution in [2.75, 3.05) is 4.90 Å². The van der Waals surface area contributed by atoms with Crippen LogP contribution in [-0.2, 0) is 14.6 Å². The lowest BCUT2D eigenvalue weighted by Crippen LogP contribution is -2.55. The van der Waals surface area contributed by atoms with Crippen LogP contribution in [0.4, 0.5) is 23.7 Å². The predicted molar refractivity (Wildman–Crippen MR) is 168 cm³/mol. The van der Waals surface area contributed by atoms with Gasteiger partial charge < -0.3 is 5.32 Å². The number of hydrogen-bond donors (Lipinski definition) is 1. The van der Waals surface area contributed by atoms with Gasteiger partial charge in [-0.15, -0.1) is 0 Å². The number of carbonyl (C=O) groups is 2. The number of sulfone groups is 1. The molecule has 0 spiro atoms. The van der Waals surface area contributed by atoms with Crippen LogP contribution < -0.4 is 10.2 Å². The molecule has 8 nitrogen and oxygen atoms in total. The van der Waals surface area contributed by atoms with Crippen molar-refractivity contribution in [3.63, 3.8) is 0 Å². The maximum atomic E-state index is 14.8. The number of fused-ring (bicyclic) bond motifs is 2. The summed E-state index contributed by atoms with van der Waals surface area (Å²) < 4.78 is 63.5. The third kappa shape index (κ3) is 4.61. The molecule has 2 atom stereocenters. The highest BCUT2D eigenvalue weighted by Crippen LogP contribution is 2.47. The van der Waals surface area contributed by atoms with Crippen LogP contribution in [0, 0.1) is 13.8 Å². The fourth-order valence-corrected chi connectivity index (χ4v) is 7.37. The van der Waals surface area contributed by atoms with Gasteiger partial charge in [0.15, 0.2) is 0 Å². The Morgan fingerprint density at radius 3 is 1.70 bits per heavy atom. The second-order valence-electron chi connectivity index (χ2n) is 11.6. The standard InChI is InChI=1S/C34H29F3N4O4S/c1-19-7-5-9-27-25(15-17-38-29(19)27)21(3)33(22(4)26-16-18-39-30-20(2)8-6-10-28(26)30)31(42)41(32(43)40-33)23-11-13-24(14-12-23)46(44,45)34(35,36)37/h5-18,21-22H,1-4H3,(H,40,43). The number of carbonyl (C=O) groups excluding carboxylic acids is 2. The first-order chi connectivity index (χ1) is 21.7. The minimum Gasteiger partial charge on any atom is -0.322 e. The summed E-state index contributed by atoms with van der Waals surface area (Å²) >= 11 is 0. The lowest BCUT2D eigenvalue weighted by atomic mass is 9.68. The first-order valence-electron chi connectivity index (χ1n) is 14.5. The van der Waals surface area contributed by atoms with Gasteiger partial charge in [-0.25, -0.2) is 18.1 Å². The SMILES string of the molecule is Cc1cccc2c(C(C)C3(C(C)c4ccnc5c(C)cccc45)NC(=O)N(c4ccc(S(=O)(=O)C(F)(F)F)cc4)C3=O)ccnc12. The Hall–Kier alpha value is -4.84. The second-order valence-corrected chi connectivity index (χ2v) is 13.5. The van der Waals surface area contributed by atoms with Gasteiger partial charge in [-0.1, -0.05) is 50.2 Å². The summed E-state index contributed by atoms with van der Waals surface area (Å²) in [6.45, 7) is 7.56. The van der Waals surface area contributed by atoms with E-state index >= 15 is 0 Å². The molecule has 0 saturated carbocycles. The maximum Gasteiger partial charge on any atom is 0.501 e. The molecule has 46 heavy (non-hydrogen) atoms. The van der Waals surface area contributed by atoms with Gasteiger partial charge in [0.2, 0.25) is 0 Å². The number of aryl methyl sites for hydroxylation is 2. The highest BCUT2D eigenvalue weighted by atomic mass is 32.2. The van der Waals surface area contributed by atoms with Crippen LogP contribution in [-0.4, -0.2) is 41.4 Å². The minimum atomic E-state index is -5.63. The number of nitrogens with zero attached hydrogens (tertiary/aromatic N) is 3. The summed E-state index contributed by atoms with van der Waals surface area (Å²) in [5.41, 5.74) is -2.30. The second kappa shape index (κ2) is 10.9. The van der Waals surface area contributed by atoms with Gasteiger partial charge >= 0.3 is 11.5 Å². The molecule has 3 aromatic carbocycles. The number of hydrogen-bond acceptors (Lipinski definition) is 6. The van der Waals surface area contributed by atoms with E-state index in [0.717, 1.165) is 73.2 Å². The first-order valence-corrected chi connectivity index (χ1v) is 15.9. The zero-order valence-corrected chi connectivity index (χ0v) is 26.1. The zero-order valence-electron chi connectivity index (χ0n) is 25.3. The molecule has 3 heterocycles.